The summed E-state index contributed by atoms with van der Waals surface area (Å²) in [6, 6.07) is 0. The molecule has 0 aliphatic heterocycles. The Kier molecular flexibility index (Phi) is 3.43. The minimum Gasteiger partial charge on any atom is -0.481 e. The first-order valence-corrected chi connectivity index (χ1v) is 3.43. The first kappa shape index (κ1) is 9.50. The number of allylic oxidation sites excluding steroid dienone is 1. The van der Waals surface area contributed by atoms with Crippen molar-refractivity contribution in [2.75, 3.05) is 0 Å². The maximum absolute atomic E-state index is 10.4. The van der Waals surface area contributed by atoms with E-state index in [9.17, 15) is 4.79 Å². The molecule has 0 rings (SSSR count). The lowest BCUT2D eigenvalue weighted by Crippen LogP contribution is -2.22. The molecule has 0 radical (unpaired) electrons. The second kappa shape index (κ2) is 3.62. The second-order valence-electron chi connectivity index (χ2n) is 2.75. The number of hydrogen-bond acceptors (Lipinski definition) is 1. The van der Waals surface area contributed by atoms with Gasteiger partial charge in [-0.2, -0.15) is 0 Å². The zero-order valence-electron chi connectivity index (χ0n) is 6.10. The number of hydrogen-bond donors (Lipinski definition) is 1. The van der Waals surface area contributed by atoms with Crippen LogP contribution in [-0.2, 0) is 4.79 Å². The van der Waals surface area contributed by atoms with E-state index in [1.165, 1.54) is 5.54 Å². The molecular weight excluding hydrogens is 152 g/mol. The lowest BCUT2D eigenvalue weighted by atomic mass is 9.90. The van der Waals surface area contributed by atoms with E-state index >= 15 is 0 Å². The maximum Gasteiger partial charge on any atom is 0.309 e. The van der Waals surface area contributed by atoms with Crippen LogP contribution in [0.25, 0.3) is 0 Å². The molecule has 0 aromatic heterocycles. The number of carboxylic acids is 1. The van der Waals surface area contributed by atoms with Crippen LogP contribution in [0.5, 0.6) is 0 Å². The molecule has 58 valence electrons. The Morgan fingerprint density at radius 2 is 2.20 bits per heavy atom. The van der Waals surface area contributed by atoms with Gasteiger partial charge in [-0.25, -0.2) is 0 Å². The molecule has 10 heavy (non-hydrogen) atoms. The largest absolute Gasteiger partial charge is 0.481 e. The fourth-order valence-electron chi connectivity index (χ4n) is 0.426. The molecule has 0 aliphatic rings. The van der Waals surface area contributed by atoms with Crippen molar-refractivity contribution < 1.29 is 9.90 Å². The molecule has 0 fully saturated rings. The predicted octanol–water partition coefficient (Wildman–Crippen LogP) is 2.24. The Labute approximate surface area is 65.5 Å². The first-order chi connectivity index (χ1) is 4.50. The smallest absolute Gasteiger partial charge is 0.309 e. The van der Waals surface area contributed by atoms with Crippen molar-refractivity contribution in [3.63, 3.8) is 0 Å². The fourth-order valence-corrected chi connectivity index (χ4v) is 0.516. The van der Waals surface area contributed by atoms with Crippen molar-refractivity contribution in [2.24, 2.45) is 5.41 Å². The van der Waals surface area contributed by atoms with Crippen molar-refractivity contribution in [2.45, 2.75) is 20.3 Å². The monoisotopic (exact) mass is 162 g/mol. The minimum atomic E-state index is -0.803. The van der Waals surface area contributed by atoms with E-state index in [1.54, 1.807) is 19.9 Å². The average Bonchev–Trinajstić information content (AvgIpc) is 1.84. The molecule has 2 nitrogen and oxygen atoms in total. The molecule has 0 saturated carbocycles. The molecule has 0 aromatic rings. The van der Waals surface area contributed by atoms with Gasteiger partial charge in [0.25, 0.3) is 0 Å². The average molecular weight is 163 g/mol. The highest BCUT2D eigenvalue weighted by molar-refractivity contribution is 6.25. The summed E-state index contributed by atoms with van der Waals surface area (Å²) in [6.45, 7) is 3.32. The molecule has 0 aromatic carbocycles. The fraction of sp³-hybridized carbons (Fsp3) is 0.571. The van der Waals surface area contributed by atoms with Crippen LogP contribution in [-0.4, -0.2) is 11.1 Å². The van der Waals surface area contributed by atoms with Gasteiger partial charge in [0.15, 0.2) is 0 Å². The molecule has 0 amide bonds. The number of carboxylic acid groups (broad SMARTS) is 1. The number of aliphatic carboxylic acids is 1. The standard InChI is InChI=1S/C7H11ClO2/c1-7(2,6(9)10)4-3-5-8/h3,5H,4H2,1-2H3,(H,9,10)/b5-3+. The van der Waals surface area contributed by atoms with Gasteiger partial charge in [0.05, 0.1) is 5.41 Å². The summed E-state index contributed by atoms with van der Waals surface area (Å²) in [7, 11) is 0. The molecule has 1 N–H and O–H groups in total. The van der Waals surface area contributed by atoms with Crippen molar-refractivity contribution in [3.05, 3.63) is 11.6 Å². The summed E-state index contributed by atoms with van der Waals surface area (Å²) < 4.78 is 0. The highest BCUT2D eigenvalue weighted by Gasteiger charge is 2.24. The van der Waals surface area contributed by atoms with E-state index in [4.69, 9.17) is 16.7 Å². The summed E-state index contributed by atoms with van der Waals surface area (Å²) in [6.07, 6.45) is 2.10. The van der Waals surface area contributed by atoms with Crippen molar-refractivity contribution >= 4 is 17.6 Å². The summed E-state index contributed by atoms with van der Waals surface area (Å²) in [4.78, 5) is 10.4. The van der Waals surface area contributed by atoms with Crippen LogP contribution >= 0.6 is 11.6 Å². The molecular formula is C7H11ClO2. The second-order valence-corrected chi connectivity index (χ2v) is 3.01. The van der Waals surface area contributed by atoms with Gasteiger partial charge in [0, 0.05) is 5.54 Å². The third kappa shape index (κ3) is 2.87. The van der Waals surface area contributed by atoms with Crippen LogP contribution < -0.4 is 0 Å². The van der Waals surface area contributed by atoms with Crippen LogP contribution in [0.3, 0.4) is 0 Å². The number of halogens is 1. The predicted molar refractivity (Wildman–Crippen MR) is 41.0 cm³/mol. The Morgan fingerprint density at radius 1 is 1.70 bits per heavy atom. The van der Waals surface area contributed by atoms with Gasteiger partial charge in [0.2, 0.25) is 0 Å². The van der Waals surface area contributed by atoms with Gasteiger partial charge in [-0.3, -0.25) is 4.79 Å². The Morgan fingerprint density at radius 3 is 2.50 bits per heavy atom. The first-order valence-electron chi connectivity index (χ1n) is 2.99. The van der Waals surface area contributed by atoms with Crippen LogP contribution in [0.4, 0.5) is 0 Å². The maximum atomic E-state index is 10.4. The molecule has 0 aliphatic carbocycles. The highest BCUT2D eigenvalue weighted by Crippen LogP contribution is 2.20. The molecule has 0 spiro atoms. The minimum absolute atomic E-state index is 0.464. The molecule has 0 unspecified atom stereocenters. The Bertz CT molecular complexity index is 150. The zero-order chi connectivity index (χ0) is 8.20. The lowest BCUT2D eigenvalue weighted by molar-refractivity contribution is -0.146. The number of rotatable bonds is 3. The summed E-state index contributed by atoms with van der Waals surface area (Å²) in [5.74, 6) is -0.803. The zero-order valence-corrected chi connectivity index (χ0v) is 6.85. The summed E-state index contributed by atoms with van der Waals surface area (Å²) in [5, 5.41) is 8.59. The van der Waals surface area contributed by atoms with Gasteiger partial charge in [-0.1, -0.05) is 17.7 Å². The van der Waals surface area contributed by atoms with Gasteiger partial charge < -0.3 is 5.11 Å². The van der Waals surface area contributed by atoms with Gasteiger partial charge in [-0.05, 0) is 20.3 Å². The summed E-state index contributed by atoms with van der Waals surface area (Å²) >= 11 is 5.24. The molecule has 0 bridgehead atoms. The quantitative estimate of drug-likeness (QED) is 0.691. The lowest BCUT2D eigenvalue weighted by Gasteiger charge is -2.15. The van der Waals surface area contributed by atoms with E-state index in [0.29, 0.717) is 6.42 Å². The Balaban J connectivity index is 3.99. The van der Waals surface area contributed by atoms with E-state index in [2.05, 4.69) is 0 Å². The normalized spacial score (nSPS) is 12.3. The van der Waals surface area contributed by atoms with E-state index in [-0.39, 0.29) is 0 Å². The third-order valence-corrected chi connectivity index (χ3v) is 1.47. The Hall–Kier alpha value is -0.500. The molecule has 3 heteroatoms. The van der Waals surface area contributed by atoms with Crippen molar-refractivity contribution in [1.82, 2.24) is 0 Å². The number of carbonyl (C=O) groups is 1. The molecule has 0 atom stereocenters. The molecule has 0 heterocycles. The van der Waals surface area contributed by atoms with E-state index in [1.807, 2.05) is 0 Å². The van der Waals surface area contributed by atoms with Gasteiger partial charge in [-0.15, -0.1) is 0 Å². The third-order valence-electron chi connectivity index (χ3n) is 1.30. The van der Waals surface area contributed by atoms with Crippen LogP contribution in [0, 0.1) is 5.41 Å². The van der Waals surface area contributed by atoms with E-state index in [0.717, 1.165) is 0 Å². The van der Waals surface area contributed by atoms with Crippen LogP contribution in [0.15, 0.2) is 11.6 Å². The van der Waals surface area contributed by atoms with Crippen molar-refractivity contribution in [3.8, 4) is 0 Å². The topological polar surface area (TPSA) is 37.3 Å². The van der Waals surface area contributed by atoms with Crippen molar-refractivity contribution in [1.29, 1.82) is 0 Å². The highest BCUT2D eigenvalue weighted by atomic mass is 35.5. The summed E-state index contributed by atoms with van der Waals surface area (Å²) in [5.41, 5.74) is 0.635. The van der Waals surface area contributed by atoms with Gasteiger partial charge >= 0.3 is 5.97 Å². The SMILES string of the molecule is CC(C)(C/C=C/Cl)C(=O)O. The van der Waals surface area contributed by atoms with Crippen LogP contribution in [0.2, 0.25) is 0 Å². The van der Waals surface area contributed by atoms with E-state index < -0.39 is 11.4 Å². The molecule has 0 saturated heterocycles. The van der Waals surface area contributed by atoms with Gasteiger partial charge in [0.1, 0.15) is 0 Å². The van der Waals surface area contributed by atoms with Crippen LogP contribution in [0.1, 0.15) is 20.3 Å².